The molecule has 5 N–H and O–H groups in total. The number of carboxylic acid groups (broad SMARTS) is 1. The molecule has 0 fully saturated rings. The van der Waals surface area contributed by atoms with Gasteiger partial charge in [-0.3, -0.25) is 19.0 Å². The molecule has 5 heterocycles. The standard InChI is InChI=1S/C23H20ClN9O2.C2HF3O2/c1-12(30-23(35)18-20(25)31-33-7-3-6-28-21(18)33)14-8-15(24)17-10-27-11-32(17)19(14)13-4-5-16(29-9-13)22(34)26-2;3-2(4,5)1(6)7/h3-12H,1-2H3,(H2,25,31)(H,26,34)(H,30,35);(H,6,7). The Hall–Kier alpha value is -5.25. The molecule has 0 aromatic carbocycles. The second kappa shape index (κ2) is 11.7. The molecule has 218 valence electrons. The molecule has 0 spiro atoms. The summed E-state index contributed by atoms with van der Waals surface area (Å²) in [5.41, 5.74) is 9.68. The number of aliphatic carboxylic acids is 1. The van der Waals surface area contributed by atoms with Crippen LogP contribution in [0.25, 0.3) is 22.4 Å². The van der Waals surface area contributed by atoms with E-state index in [1.54, 1.807) is 62.4 Å². The lowest BCUT2D eigenvalue weighted by molar-refractivity contribution is -0.192. The van der Waals surface area contributed by atoms with E-state index >= 15 is 0 Å². The number of halogens is 4. The third-order valence-electron chi connectivity index (χ3n) is 5.88. The lowest BCUT2D eigenvalue weighted by atomic mass is 10.0. The number of amides is 2. The average molecular weight is 604 g/mol. The molecular formula is C25H21ClF3N9O4. The number of anilines is 1. The Labute approximate surface area is 239 Å². The first kappa shape index (κ1) is 29.7. The van der Waals surface area contributed by atoms with Crippen molar-refractivity contribution in [1.82, 2.24) is 39.6 Å². The normalized spacial score (nSPS) is 12.0. The first-order valence-electron chi connectivity index (χ1n) is 11.9. The average Bonchev–Trinajstić information content (AvgIpc) is 3.57. The van der Waals surface area contributed by atoms with Gasteiger partial charge in [0, 0.05) is 36.8 Å². The van der Waals surface area contributed by atoms with Gasteiger partial charge in [0.1, 0.15) is 11.3 Å². The quantitative estimate of drug-likeness (QED) is 0.234. The molecule has 2 amide bonds. The fourth-order valence-corrected chi connectivity index (χ4v) is 4.23. The molecular weight excluding hydrogens is 583 g/mol. The van der Waals surface area contributed by atoms with Crippen LogP contribution in [0.1, 0.15) is 39.4 Å². The smallest absolute Gasteiger partial charge is 0.475 e. The number of nitrogens with one attached hydrogen (secondary N) is 2. The van der Waals surface area contributed by atoms with Crippen LogP contribution in [-0.4, -0.2) is 65.1 Å². The number of rotatable bonds is 5. The van der Waals surface area contributed by atoms with E-state index in [4.69, 9.17) is 27.2 Å². The summed E-state index contributed by atoms with van der Waals surface area (Å²) < 4.78 is 35.0. The Balaban J connectivity index is 0.000000517. The Morgan fingerprint density at radius 2 is 1.86 bits per heavy atom. The molecule has 0 saturated heterocycles. The monoisotopic (exact) mass is 603 g/mol. The lowest BCUT2D eigenvalue weighted by Gasteiger charge is -2.20. The molecule has 13 nitrogen and oxygen atoms in total. The second-order valence-corrected chi connectivity index (χ2v) is 9.01. The van der Waals surface area contributed by atoms with Crippen molar-refractivity contribution in [2.45, 2.75) is 19.1 Å². The van der Waals surface area contributed by atoms with Gasteiger partial charge in [-0.2, -0.15) is 13.2 Å². The summed E-state index contributed by atoms with van der Waals surface area (Å²) in [6.45, 7) is 1.83. The highest BCUT2D eigenvalue weighted by atomic mass is 35.5. The van der Waals surface area contributed by atoms with Gasteiger partial charge in [0.25, 0.3) is 11.8 Å². The molecule has 0 saturated carbocycles. The topological polar surface area (TPSA) is 182 Å². The van der Waals surface area contributed by atoms with Crippen LogP contribution < -0.4 is 16.4 Å². The summed E-state index contributed by atoms with van der Waals surface area (Å²) in [5.74, 6) is -3.40. The molecule has 42 heavy (non-hydrogen) atoms. The van der Waals surface area contributed by atoms with Crippen LogP contribution in [0.5, 0.6) is 0 Å². The van der Waals surface area contributed by atoms with Crippen molar-refractivity contribution in [1.29, 1.82) is 0 Å². The van der Waals surface area contributed by atoms with Crippen molar-refractivity contribution >= 4 is 46.4 Å². The molecule has 1 atom stereocenters. The van der Waals surface area contributed by atoms with E-state index in [9.17, 15) is 22.8 Å². The van der Waals surface area contributed by atoms with Crippen LogP contribution in [0, 0.1) is 0 Å². The SMILES string of the molecule is CNC(=O)c1ccc(-c2c(C(C)NC(=O)c3c(N)nn4cccnc34)cc(Cl)c3cncn23)cn1.O=C(O)C(F)(F)F. The first-order valence-corrected chi connectivity index (χ1v) is 12.2. The van der Waals surface area contributed by atoms with Gasteiger partial charge in [0.2, 0.25) is 0 Å². The van der Waals surface area contributed by atoms with E-state index < -0.39 is 24.1 Å². The third-order valence-corrected chi connectivity index (χ3v) is 6.19. The highest BCUT2D eigenvalue weighted by molar-refractivity contribution is 6.34. The molecule has 5 aromatic rings. The van der Waals surface area contributed by atoms with Crippen molar-refractivity contribution in [2.24, 2.45) is 0 Å². The molecule has 0 aliphatic carbocycles. The van der Waals surface area contributed by atoms with E-state index in [-0.39, 0.29) is 23.0 Å². The minimum absolute atomic E-state index is 0.0747. The highest BCUT2D eigenvalue weighted by Crippen LogP contribution is 2.33. The van der Waals surface area contributed by atoms with Gasteiger partial charge in [0.05, 0.1) is 34.8 Å². The largest absolute Gasteiger partial charge is 0.490 e. The van der Waals surface area contributed by atoms with Crippen LogP contribution in [0.4, 0.5) is 19.0 Å². The predicted molar refractivity (Wildman–Crippen MR) is 144 cm³/mol. The number of alkyl halides is 3. The van der Waals surface area contributed by atoms with Crippen molar-refractivity contribution < 1.29 is 32.7 Å². The zero-order valence-corrected chi connectivity index (χ0v) is 22.5. The van der Waals surface area contributed by atoms with Crippen LogP contribution in [0.3, 0.4) is 0 Å². The number of carbonyl (C=O) groups is 3. The maximum absolute atomic E-state index is 13.2. The van der Waals surface area contributed by atoms with Crippen molar-refractivity contribution in [3.05, 3.63) is 77.2 Å². The second-order valence-electron chi connectivity index (χ2n) is 8.60. The number of hydrogen-bond donors (Lipinski definition) is 4. The van der Waals surface area contributed by atoms with Crippen LogP contribution in [0.15, 0.2) is 55.4 Å². The Kier molecular flexibility index (Phi) is 8.28. The Bertz CT molecular complexity index is 1800. The molecule has 0 bridgehead atoms. The molecule has 0 radical (unpaired) electrons. The number of fused-ring (bicyclic) bond motifs is 2. The number of carbonyl (C=O) groups excluding carboxylic acids is 2. The fraction of sp³-hybridized carbons (Fsp3) is 0.160. The predicted octanol–water partition coefficient (Wildman–Crippen LogP) is 3.16. The molecule has 17 heteroatoms. The van der Waals surface area contributed by atoms with E-state index in [2.05, 4.69) is 30.7 Å². The van der Waals surface area contributed by atoms with E-state index in [1.807, 2.05) is 11.3 Å². The summed E-state index contributed by atoms with van der Waals surface area (Å²) >= 11 is 6.55. The number of nitrogen functional groups attached to an aromatic ring is 1. The van der Waals surface area contributed by atoms with Crippen LogP contribution in [-0.2, 0) is 4.79 Å². The van der Waals surface area contributed by atoms with Crippen molar-refractivity contribution in [2.75, 3.05) is 12.8 Å². The minimum Gasteiger partial charge on any atom is -0.475 e. The zero-order valence-electron chi connectivity index (χ0n) is 21.7. The number of nitrogens with zero attached hydrogens (tertiary/aromatic N) is 6. The van der Waals surface area contributed by atoms with Crippen molar-refractivity contribution in [3.8, 4) is 11.3 Å². The molecule has 1 unspecified atom stereocenters. The molecule has 0 aliphatic heterocycles. The Morgan fingerprint density at radius 1 is 1.14 bits per heavy atom. The number of aromatic nitrogens is 6. The summed E-state index contributed by atoms with van der Waals surface area (Å²) in [5, 5.41) is 17.3. The highest BCUT2D eigenvalue weighted by Gasteiger charge is 2.38. The number of carboxylic acids is 1. The number of pyridine rings is 2. The molecule has 0 aliphatic rings. The van der Waals surface area contributed by atoms with Gasteiger partial charge >= 0.3 is 12.1 Å². The molecule has 5 aromatic heterocycles. The van der Waals surface area contributed by atoms with Crippen molar-refractivity contribution in [3.63, 3.8) is 0 Å². The first-order chi connectivity index (χ1) is 19.8. The summed E-state index contributed by atoms with van der Waals surface area (Å²) in [7, 11) is 1.54. The maximum Gasteiger partial charge on any atom is 0.490 e. The number of hydrogen-bond acceptors (Lipinski definition) is 8. The van der Waals surface area contributed by atoms with Gasteiger partial charge in [-0.05, 0) is 31.2 Å². The van der Waals surface area contributed by atoms with E-state index in [1.165, 1.54) is 4.52 Å². The number of imidazole rings is 1. The fourth-order valence-electron chi connectivity index (χ4n) is 3.97. The summed E-state index contributed by atoms with van der Waals surface area (Å²) in [6, 6.07) is 6.39. The van der Waals surface area contributed by atoms with E-state index in [0.29, 0.717) is 27.3 Å². The maximum atomic E-state index is 13.2. The van der Waals surface area contributed by atoms with Gasteiger partial charge in [-0.1, -0.05) is 11.6 Å². The van der Waals surface area contributed by atoms with E-state index in [0.717, 1.165) is 5.69 Å². The van der Waals surface area contributed by atoms with Crippen LogP contribution >= 0.6 is 11.6 Å². The lowest BCUT2D eigenvalue weighted by Crippen LogP contribution is -2.28. The Morgan fingerprint density at radius 3 is 2.48 bits per heavy atom. The van der Waals surface area contributed by atoms with Gasteiger partial charge < -0.3 is 21.5 Å². The van der Waals surface area contributed by atoms with Gasteiger partial charge in [-0.15, -0.1) is 5.10 Å². The third kappa shape index (κ3) is 5.92. The van der Waals surface area contributed by atoms with Crippen LogP contribution in [0.2, 0.25) is 5.02 Å². The molecule has 5 rings (SSSR count). The minimum atomic E-state index is -5.08. The number of nitrogens with two attached hydrogens (primary N) is 1. The zero-order chi connectivity index (χ0) is 30.8. The van der Waals surface area contributed by atoms with Gasteiger partial charge in [-0.25, -0.2) is 19.3 Å². The summed E-state index contributed by atoms with van der Waals surface area (Å²) in [4.78, 5) is 46.8. The van der Waals surface area contributed by atoms with Gasteiger partial charge in [0.15, 0.2) is 11.5 Å². The summed E-state index contributed by atoms with van der Waals surface area (Å²) in [6.07, 6.45) is 3.03.